The third kappa shape index (κ3) is 1.52. The predicted molar refractivity (Wildman–Crippen MR) is 41.0 cm³/mol. The van der Waals surface area contributed by atoms with Crippen LogP contribution in [0.3, 0.4) is 0 Å². The second-order valence-corrected chi connectivity index (χ2v) is 3.15. The molecule has 3 N–H and O–H groups in total. The third-order valence-corrected chi connectivity index (χ3v) is 2.20. The summed E-state index contributed by atoms with van der Waals surface area (Å²) in [4.78, 5) is 12.4. The lowest BCUT2D eigenvalue weighted by atomic mass is 10.2. The molecule has 0 saturated carbocycles. The number of nitrogens with two attached hydrogens (primary N) is 1. The van der Waals surface area contributed by atoms with Crippen molar-refractivity contribution in [1.82, 2.24) is 4.90 Å². The van der Waals surface area contributed by atoms with E-state index in [1.54, 1.807) is 11.8 Å². The van der Waals surface area contributed by atoms with Crippen LogP contribution in [0.25, 0.3) is 0 Å². The topological polar surface area (TPSA) is 66.6 Å². The Hall–Kier alpha value is -0.610. The van der Waals surface area contributed by atoms with Crippen LogP contribution in [0.5, 0.6) is 0 Å². The fourth-order valence-electron chi connectivity index (χ4n) is 1.32. The maximum absolute atomic E-state index is 10.6. The van der Waals surface area contributed by atoms with Crippen molar-refractivity contribution in [3.05, 3.63) is 0 Å². The van der Waals surface area contributed by atoms with Crippen molar-refractivity contribution in [2.24, 2.45) is 5.73 Å². The van der Waals surface area contributed by atoms with E-state index < -0.39 is 11.6 Å². The Morgan fingerprint density at radius 1 is 1.55 bits per heavy atom. The predicted octanol–water partition coefficient (Wildman–Crippen LogP) is -0.158. The van der Waals surface area contributed by atoms with Crippen molar-refractivity contribution in [2.45, 2.75) is 25.4 Å². The van der Waals surface area contributed by atoms with Crippen molar-refractivity contribution in [2.75, 3.05) is 13.1 Å². The maximum Gasteiger partial charge on any atom is 0.338 e. The second kappa shape index (κ2) is 2.79. The van der Waals surface area contributed by atoms with Crippen molar-refractivity contribution in [3.63, 3.8) is 0 Å². The van der Waals surface area contributed by atoms with E-state index in [0.29, 0.717) is 0 Å². The van der Waals surface area contributed by atoms with Crippen LogP contribution in [0, 0.1) is 0 Å². The number of carboxylic acids is 1. The molecule has 4 heteroatoms. The Morgan fingerprint density at radius 2 is 2.00 bits per heavy atom. The first-order valence-electron chi connectivity index (χ1n) is 3.82. The molecule has 0 unspecified atom stereocenters. The summed E-state index contributed by atoms with van der Waals surface area (Å²) < 4.78 is 0. The van der Waals surface area contributed by atoms with E-state index in [0.717, 1.165) is 25.9 Å². The van der Waals surface area contributed by atoms with Crippen LogP contribution in [0.1, 0.15) is 19.8 Å². The first-order chi connectivity index (χ1) is 5.05. The van der Waals surface area contributed by atoms with E-state index in [-0.39, 0.29) is 0 Å². The van der Waals surface area contributed by atoms with Crippen LogP contribution >= 0.6 is 0 Å². The molecule has 0 aromatic rings. The van der Waals surface area contributed by atoms with Gasteiger partial charge >= 0.3 is 5.97 Å². The van der Waals surface area contributed by atoms with Gasteiger partial charge < -0.3 is 10.8 Å². The molecule has 1 heterocycles. The highest BCUT2D eigenvalue weighted by Crippen LogP contribution is 2.16. The summed E-state index contributed by atoms with van der Waals surface area (Å²) in [6, 6.07) is 0. The zero-order chi connectivity index (χ0) is 8.48. The average molecular weight is 158 g/mol. The van der Waals surface area contributed by atoms with Crippen LogP contribution in [0.4, 0.5) is 0 Å². The lowest BCUT2D eigenvalue weighted by Gasteiger charge is -2.30. The smallest absolute Gasteiger partial charge is 0.338 e. The minimum absolute atomic E-state index is 0.805. The molecule has 4 nitrogen and oxygen atoms in total. The molecule has 0 bridgehead atoms. The SMILES string of the molecule is C[C@](N)(C(=O)O)N1CCCC1. The number of likely N-dealkylation sites (tertiary alicyclic amines) is 1. The molecule has 1 rings (SSSR count). The summed E-state index contributed by atoms with van der Waals surface area (Å²) in [6.45, 7) is 3.15. The van der Waals surface area contributed by atoms with E-state index in [1.807, 2.05) is 0 Å². The van der Waals surface area contributed by atoms with Gasteiger partial charge in [0.2, 0.25) is 0 Å². The highest BCUT2D eigenvalue weighted by molar-refractivity contribution is 5.77. The minimum atomic E-state index is -1.17. The number of carboxylic acid groups (broad SMARTS) is 1. The maximum atomic E-state index is 10.6. The van der Waals surface area contributed by atoms with Crippen LogP contribution < -0.4 is 5.73 Å². The van der Waals surface area contributed by atoms with E-state index in [2.05, 4.69) is 0 Å². The molecule has 0 aromatic carbocycles. The van der Waals surface area contributed by atoms with Gasteiger partial charge in [0.15, 0.2) is 5.66 Å². The van der Waals surface area contributed by atoms with Crippen molar-refractivity contribution >= 4 is 5.97 Å². The molecular formula is C7H14N2O2. The molecule has 1 aliphatic rings. The molecule has 0 spiro atoms. The summed E-state index contributed by atoms with van der Waals surface area (Å²) in [6.07, 6.45) is 2.11. The lowest BCUT2D eigenvalue weighted by molar-refractivity contribution is -0.149. The van der Waals surface area contributed by atoms with E-state index in [4.69, 9.17) is 10.8 Å². The fraction of sp³-hybridized carbons (Fsp3) is 0.857. The molecule has 1 fully saturated rings. The van der Waals surface area contributed by atoms with Gasteiger partial charge in [-0.05, 0) is 19.8 Å². The standard InChI is InChI=1S/C7H14N2O2/c1-7(8,6(10)11)9-4-2-3-5-9/h2-5,8H2,1H3,(H,10,11)/t7-/m1/s1. The molecule has 64 valence electrons. The van der Waals surface area contributed by atoms with Gasteiger partial charge in [-0.15, -0.1) is 0 Å². The summed E-state index contributed by atoms with van der Waals surface area (Å²) in [5.41, 5.74) is 4.42. The summed E-state index contributed by atoms with van der Waals surface area (Å²) in [5, 5.41) is 8.74. The molecule has 1 saturated heterocycles. The van der Waals surface area contributed by atoms with Gasteiger partial charge in [0.05, 0.1) is 0 Å². The number of aliphatic carboxylic acids is 1. The summed E-state index contributed by atoms with van der Waals surface area (Å²) in [7, 11) is 0. The van der Waals surface area contributed by atoms with Crippen molar-refractivity contribution < 1.29 is 9.90 Å². The molecule has 0 amide bonds. The average Bonchev–Trinajstić information content (AvgIpc) is 2.37. The number of nitrogens with zero attached hydrogens (tertiary/aromatic N) is 1. The Bertz CT molecular complexity index is 162. The van der Waals surface area contributed by atoms with Crippen LogP contribution in [-0.4, -0.2) is 34.7 Å². The van der Waals surface area contributed by atoms with E-state index in [1.165, 1.54) is 0 Å². The molecule has 0 aliphatic carbocycles. The van der Waals surface area contributed by atoms with Gasteiger partial charge in [0.25, 0.3) is 0 Å². The van der Waals surface area contributed by atoms with Crippen LogP contribution in [0.2, 0.25) is 0 Å². The van der Waals surface area contributed by atoms with Gasteiger partial charge in [0.1, 0.15) is 0 Å². The van der Waals surface area contributed by atoms with Crippen molar-refractivity contribution in [3.8, 4) is 0 Å². The molecule has 0 radical (unpaired) electrons. The largest absolute Gasteiger partial charge is 0.479 e. The van der Waals surface area contributed by atoms with Gasteiger partial charge in [-0.3, -0.25) is 4.90 Å². The third-order valence-electron chi connectivity index (χ3n) is 2.20. The molecule has 0 aromatic heterocycles. The Labute approximate surface area is 66.0 Å². The fourth-order valence-corrected chi connectivity index (χ4v) is 1.32. The normalized spacial score (nSPS) is 24.9. The zero-order valence-electron chi connectivity index (χ0n) is 6.71. The quantitative estimate of drug-likeness (QED) is 0.586. The minimum Gasteiger partial charge on any atom is -0.479 e. The number of hydrogen-bond donors (Lipinski definition) is 2. The molecule has 11 heavy (non-hydrogen) atoms. The molecule has 1 aliphatic heterocycles. The highest BCUT2D eigenvalue weighted by atomic mass is 16.4. The monoisotopic (exact) mass is 158 g/mol. The summed E-state index contributed by atoms with van der Waals surface area (Å²) in [5.74, 6) is -0.945. The summed E-state index contributed by atoms with van der Waals surface area (Å²) >= 11 is 0. The van der Waals surface area contributed by atoms with Gasteiger partial charge in [-0.2, -0.15) is 0 Å². The highest BCUT2D eigenvalue weighted by Gasteiger charge is 2.36. The Morgan fingerprint density at radius 3 is 2.36 bits per heavy atom. The van der Waals surface area contributed by atoms with Gasteiger partial charge in [-0.1, -0.05) is 0 Å². The van der Waals surface area contributed by atoms with Gasteiger partial charge in [0, 0.05) is 13.1 Å². The lowest BCUT2D eigenvalue weighted by Crippen LogP contribution is -2.58. The number of rotatable bonds is 2. The number of carbonyl (C=O) groups is 1. The number of hydrogen-bond acceptors (Lipinski definition) is 3. The van der Waals surface area contributed by atoms with Crippen LogP contribution in [-0.2, 0) is 4.79 Å². The molecular weight excluding hydrogens is 144 g/mol. The first-order valence-corrected chi connectivity index (χ1v) is 3.82. The Kier molecular flexibility index (Phi) is 2.15. The molecule has 1 atom stereocenters. The Balaban J connectivity index is 2.62. The van der Waals surface area contributed by atoms with E-state index >= 15 is 0 Å². The van der Waals surface area contributed by atoms with E-state index in [9.17, 15) is 4.79 Å². The van der Waals surface area contributed by atoms with Crippen molar-refractivity contribution in [1.29, 1.82) is 0 Å². The zero-order valence-corrected chi connectivity index (χ0v) is 6.71. The van der Waals surface area contributed by atoms with Gasteiger partial charge in [-0.25, -0.2) is 4.79 Å². The van der Waals surface area contributed by atoms with Crippen LogP contribution in [0.15, 0.2) is 0 Å². The second-order valence-electron chi connectivity index (χ2n) is 3.15. The first kappa shape index (κ1) is 8.49.